The van der Waals surface area contributed by atoms with Crippen molar-refractivity contribution < 1.29 is 4.79 Å². The minimum absolute atomic E-state index is 0.0987. The maximum Gasteiger partial charge on any atom is 0.244 e. The summed E-state index contributed by atoms with van der Waals surface area (Å²) in [6.45, 7) is 7.84. The van der Waals surface area contributed by atoms with Crippen molar-refractivity contribution in [3.05, 3.63) is 11.6 Å². The highest BCUT2D eigenvalue weighted by Gasteiger charge is 2.26. The van der Waals surface area contributed by atoms with Crippen LogP contribution in [-0.4, -0.2) is 35.5 Å². The lowest BCUT2D eigenvalue weighted by Gasteiger charge is -2.30. The number of carbonyl (C=O) groups excluding carboxylic acids is 1. The maximum absolute atomic E-state index is 11.9. The van der Waals surface area contributed by atoms with Gasteiger partial charge >= 0.3 is 0 Å². The third kappa shape index (κ3) is 3.66. The van der Waals surface area contributed by atoms with Crippen LogP contribution in [0.2, 0.25) is 0 Å². The number of nitrogens with zero attached hydrogens (tertiary/aromatic N) is 3. The van der Waals surface area contributed by atoms with E-state index < -0.39 is 0 Å². The first-order valence-corrected chi connectivity index (χ1v) is 7.63. The molecule has 1 aromatic heterocycles. The molecule has 0 radical (unpaired) electrons. The summed E-state index contributed by atoms with van der Waals surface area (Å²) >= 11 is 0. The van der Waals surface area contributed by atoms with Crippen LogP contribution in [0, 0.1) is 0 Å². The average molecular weight is 304 g/mol. The topological polar surface area (TPSA) is 96.2 Å². The minimum atomic E-state index is -0.0987. The fourth-order valence-corrected chi connectivity index (χ4v) is 2.22. The molecule has 7 heteroatoms. The van der Waals surface area contributed by atoms with Gasteiger partial charge in [-0.1, -0.05) is 25.0 Å². The number of rotatable bonds is 6. The van der Waals surface area contributed by atoms with Gasteiger partial charge < -0.3 is 21.3 Å². The number of aromatic nitrogens is 2. The molecule has 1 aromatic rings. The van der Waals surface area contributed by atoms with E-state index >= 15 is 0 Å². The van der Waals surface area contributed by atoms with Gasteiger partial charge in [-0.15, -0.1) is 0 Å². The third-order valence-corrected chi connectivity index (χ3v) is 3.56. The van der Waals surface area contributed by atoms with Crippen LogP contribution in [0.15, 0.2) is 11.6 Å². The molecule has 0 fully saturated rings. The van der Waals surface area contributed by atoms with Gasteiger partial charge in [-0.2, -0.15) is 9.97 Å². The molecule has 2 rings (SSSR count). The third-order valence-electron chi connectivity index (χ3n) is 3.56. The number of anilines is 4. The molecule has 0 unspecified atom stereocenters. The van der Waals surface area contributed by atoms with Crippen molar-refractivity contribution in [2.75, 3.05) is 40.9 Å². The molecule has 0 bridgehead atoms. The predicted octanol–water partition coefficient (Wildman–Crippen LogP) is 2.00. The summed E-state index contributed by atoms with van der Waals surface area (Å²) in [6, 6.07) is 0. The van der Waals surface area contributed by atoms with Gasteiger partial charge in [-0.3, -0.25) is 4.79 Å². The second-order valence-electron chi connectivity index (χ2n) is 5.45. The van der Waals surface area contributed by atoms with E-state index in [1.165, 1.54) is 5.57 Å². The fourth-order valence-electron chi connectivity index (χ4n) is 2.22. The van der Waals surface area contributed by atoms with Crippen LogP contribution in [0.25, 0.3) is 0 Å². The largest absolute Gasteiger partial charge is 0.382 e. The van der Waals surface area contributed by atoms with E-state index in [-0.39, 0.29) is 12.5 Å². The molecule has 22 heavy (non-hydrogen) atoms. The van der Waals surface area contributed by atoms with Gasteiger partial charge in [-0.25, -0.2) is 0 Å². The molecule has 0 aromatic carbocycles. The summed E-state index contributed by atoms with van der Waals surface area (Å²) in [6.07, 6.45) is 4.16. The van der Waals surface area contributed by atoms with Crippen molar-refractivity contribution in [1.82, 2.24) is 9.97 Å². The summed E-state index contributed by atoms with van der Waals surface area (Å²) in [5, 5.41) is 5.95. The van der Waals surface area contributed by atoms with Crippen molar-refractivity contribution in [1.29, 1.82) is 0 Å². The average Bonchev–Trinajstić information content (AvgIpc) is 2.48. The van der Waals surface area contributed by atoms with E-state index in [4.69, 9.17) is 5.73 Å². The zero-order valence-corrected chi connectivity index (χ0v) is 13.4. The summed E-state index contributed by atoms with van der Waals surface area (Å²) in [5.41, 5.74) is 7.65. The number of nitrogens with one attached hydrogen (secondary N) is 2. The number of nitrogen functional groups attached to an aromatic ring is 1. The number of nitrogens with two attached hydrogens (primary N) is 1. The van der Waals surface area contributed by atoms with E-state index in [1.54, 1.807) is 0 Å². The molecule has 0 saturated carbocycles. The number of allylic oxidation sites excluding steroid dienone is 1. The van der Waals surface area contributed by atoms with E-state index in [0.29, 0.717) is 29.8 Å². The number of hydrogen-bond acceptors (Lipinski definition) is 6. The van der Waals surface area contributed by atoms with E-state index in [0.717, 1.165) is 19.4 Å². The Labute approximate surface area is 131 Å². The van der Waals surface area contributed by atoms with E-state index in [9.17, 15) is 4.79 Å². The Kier molecular flexibility index (Phi) is 5.19. The highest BCUT2D eigenvalue weighted by molar-refractivity contribution is 6.03. The standard InChI is InChI=1S/C15H24N6O/c1-4-6-7-17-15-19-13(16)12-14(20-15)21(8-10(3)5-2)9-11(22)18-12/h5H,4,6-9H2,1-3H3,(H,18,22)(H3,16,17,19,20)/b10-5+. The molecule has 1 aliphatic rings. The maximum atomic E-state index is 11.9. The van der Waals surface area contributed by atoms with E-state index in [1.807, 2.05) is 24.8 Å². The lowest BCUT2D eigenvalue weighted by atomic mass is 10.2. The zero-order valence-electron chi connectivity index (χ0n) is 13.4. The van der Waals surface area contributed by atoms with Gasteiger partial charge in [0.25, 0.3) is 0 Å². The molecule has 4 N–H and O–H groups in total. The monoisotopic (exact) mass is 304 g/mol. The molecular weight excluding hydrogens is 280 g/mol. The second-order valence-corrected chi connectivity index (χ2v) is 5.45. The van der Waals surface area contributed by atoms with Gasteiger partial charge in [-0.05, 0) is 20.3 Å². The number of carbonyl (C=O) groups is 1. The molecule has 1 aliphatic heterocycles. The van der Waals surface area contributed by atoms with Crippen molar-refractivity contribution >= 4 is 29.2 Å². The Bertz CT molecular complexity index is 584. The molecule has 0 aliphatic carbocycles. The molecule has 1 amide bonds. The Morgan fingerprint density at radius 1 is 1.50 bits per heavy atom. The van der Waals surface area contributed by atoms with Crippen LogP contribution < -0.4 is 21.3 Å². The number of hydrogen-bond donors (Lipinski definition) is 3. The lowest BCUT2D eigenvalue weighted by molar-refractivity contribution is -0.115. The van der Waals surface area contributed by atoms with Crippen molar-refractivity contribution in [3.63, 3.8) is 0 Å². The quantitative estimate of drug-likeness (QED) is 0.549. The van der Waals surface area contributed by atoms with Crippen LogP contribution in [0.4, 0.5) is 23.3 Å². The number of amides is 1. The van der Waals surface area contributed by atoms with Crippen molar-refractivity contribution in [2.24, 2.45) is 0 Å². The zero-order chi connectivity index (χ0) is 16.1. The highest BCUT2D eigenvalue weighted by Crippen LogP contribution is 2.33. The van der Waals surface area contributed by atoms with Gasteiger partial charge in [0.1, 0.15) is 5.69 Å². The summed E-state index contributed by atoms with van der Waals surface area (Å²) in [7, 11) is 0. The smallest absolute Gasteiger partial charge is 0.244 e. The predicted molar refractivity (Wildman–Crippen MR) is 90.1 cm³/mol. The molecule has 0 saturated heterocycles. The second kappa shape index (κ2) is 7.11. The SMILES string of the molecule is C/C=C(\C)CN1CC(=O)Nc2c(N)nc(NCCCC)nc21. The summed E-state index contributed by atoms with van der Waals surface area (Å²) < 4.78 is 0. The molecular formula is C15H24N6O. The first-order valence-electron chi connectivity index (χ1n) is 7.63. The Balaban J connectivity index is 2.30. The van der Waals surface area contributed by atoms with Crippen LogP contribution >= 0.6 is 0 Å². The van der Waals surface area contributed by atoms with E-state index in [2.05, 4.69) is 27.5 Å². The number of unbranched alkanes of at least 4 members (excludes halogenated alkanes) is 1. The summed E-state index contributed by atoms with van der Waals surface area (Å²) in [5.74, 6) is 1.37. The van der Waals surface area contributed by atoms with Crippen LogP contribution in [0.1, 0.15) is 33.6 Å². The minimum Gasteiger partial charge on any atom is -0.382 e. The van der Waals surface area contributed by atoms with Crippen molar-refractivity contribution in [3.8, 4) is 0 Å². The highest BCUT2D eigenvalue weighted by atomic mass is 16.2. The molecule has 0 atom stereocenters. The Morgan fingerprint density at radius 2 is 2.27 bits per heavy atom. The van der Waals surface area contributed by atoms with Gasteiger partial charge in [0.2, 0.25) is 11.9 Å². The normalized spacial score (nSPS) is 14.6. The van der Waals surface area contributed by atoms with Gasteiger partial charge in [0.05, 0.1) is 6.54 Å². The van der Waals surface area contributed by atoms with Crippen LogP contribution in [0.5, 0.6) is 0 Å². The van der Waals surface area contributed by atoms with Crippen molar-refractivity contribution in [2.45, 2.75) is 33.6 Å². The molecule has 7 nitrogen and oxygen atoms in total. The van der Waals surface area contributed by atoms with Gasteiger partial charge in [0.15, 0.2) is 11.6 Å². The number of fused-ring (bicyclic) bond motifs is 1. The Hall–Kier alpha value is -2.31. The molecule has 120 valence electrons. The Morgan fingerprint density at radius 3 is 2.95 bits per heavy atom. The molecule has 0 spiro atoms. The first-order chi connectivity index (χ1) is 10.5. The first kappa shape index (κ1) is 16.1. The molecule has 2 heterocycles. The lowest BCUT2D eigenvalue weighted by Crippen LogP contribution is -2.40. The summed E-state index contributed by atoms with van der Waals surface area (Å²) in [4.78, 5) is 22.5. The van der Waals surface area contributed by atoms with Gasteiger partial charge in [0, 0.05) is 13.1 Å². The fraction of sp³-hybridized carbons (Fsp3) is 0.533. The van der Waals surface area contributed by atoms with Crippen LogP contribution in [0.3, 0.4) is 0 Å². The van der Waals surface area contributed by atoms with Crippen LogP contribution in [-0.2, 0) is 4.79 Å².